The summed E-state index contributed by atoms with van der Waals surface area (Å²) < 4.78 is 19.8. The van der Waals surface area contributed by atoms with Gasteiger partial charge in [0, 0.05) is 43.3 Å². The normalized spacial score (nSPS) is 19.3. The summed E-state index contributed by atoms with van der Waals surface area (Å²) in [5, 5.41) is 18.7. The van der Waals surface area contributed by atoms with Crippen LogP contribution < -0.4 is 20.1 Å². The van der Waals surface area contributed by atoms with E-state index in [1.54, 1.807) is 24.7 Å². The molecule has 46 heavy (non-hydrogen) atoms. The van der Waals surface area contributed by atoms with Crippen LogP contribution in [0.2, 0.25) is 5.02 Å². The lowest BCUT2D eigenvalue weighted by Gasteiger charge is -2.38. The molecule has 1 aliphatic carbocycles. The molecule has 1 saturated carbocycles. The minimum atomic E-state index is -0.174. The van der Waals surface area contributed by atoms with Gasteiger partial charge in [0.2, 0.25) is 5.95 Å². The van der Waals surface area contributed by atoms with Crippen LogP contribution >= 0.6 is 11.6 Å². The van der Waals surface area contributed by atoms with Gasteiger partial charge in [0.1, 0.15) is 24.1 Å². The maximum Gasteiger partial charge on any atom is 0.257 e. The average Bonchev–Trinajstić information content (AvgIpc) is 3.51. The van der Waals surface area contributed by atoms with Crippen molar-refractivity contribution in [1.29, 1.82) is 5.41 Å². The summed E-state index contributed by atoms with van der Waals surface area (Å²) in [7, 11) is 0. The van der Waals surface area contributed by atoms with E-state index in [0.29, 0.717) is 53.5 Å². The van der Waals surface area contributed by atoms with Crippen molar-refractivity contribution in [3.63, 3.8) is 0 Å². The summed E-state index contributed by atoms with van der Waals surface area (Å²) in [6.07, 6.45) is 12.6. The maximum atomic E-state index is 7.15. The summed E-state index contributed by atoms with van der Waals surface area (Å²) in [5.41, 5.74) is 3.21. The number of pyridine rings is 1. The van der Waals surface area contributed by atoms with Crippen molar-refractivity contribution in [2.75, 3.05) is 38.2 Å². The Morgan fingerprint density at radius 1 is 1.04 bits per heavy atom. The molecule has 12 nitrogen and oxygen atoms in total. The minimum Gasteiger partial charge on any atom is -0.487 e. The van der Waals surface area contributed by atoms with Crippen molar-refractivity contribution in [3.8, 4) is 22.8 Å². The third-order valence-electron chi connectivity index (χ3n) is 8.38. The molecule has 4 aromatic rings. The molecule has 4 heterocycles. The van der Waals surface area contributed by atoms with Crippen molar-refractivity contribution in [2.45, 2.75) is 57.4 Å². The Kier molecular flexibility index (Phi) is 10.6. The van der Waals surface area contributed by atoms with Gasteiger partial charge in [-0.1, -0.05) is 23.7 Å². The molecule has 0 unspecified atom stereocenters. The first kappa shape index (κ1) is 31.7. The Balaban J connectivity index is 1.15. The van der Waals surface area contributed by atoms with Gasteiger partial charge in [-0.2, -0.15) is 0 Å². The van der Waals surface area contributed by atoms with Crippen LogP contribution in [-0.2, 0) is 11.3 Å². The first-order chi connectivity index (χ1) is 22.6. The number of anilines is 2. The second-order valence-corrected chi connectivity index (χ2v) is 12.0. The first-order valence-corrected chi connectivity index (χ1v) is 16.1. The fraction of sp³-hybridized carbons (Fsp3) is 0.424. The third-order valence-corrected chi connectivity index (χ3v) is 8.69. The van der Waals surface area contributed by atoms with Crippen LogP contribution in [0.5, 0.6) is 11.6 Å². The molecule has 0 amide bonds. The number of ether oxygens (including phenoxy) is 3. The molecule has 13 heteroatoms. The summed E-state index contributed by atoms with van der Waals surface area (Å²) in [5.74, 6) is 1.47. The highest BCUT2D eigenvalue weighted by Gasteiger charge is 2.29. The molecular weight excluding hydrogens is 606 g/mol. The van der Waals surface area contributed by atoms with E-state index < -0.39 is 0 Å². The number of aromatic nitrogens is 5. The van der Waals surface area contributed by atoms with Gasteiger partial charge in [0.15, 0.2) is 0 Å². The molecule has 0 spiro atoms. The molecule has 6 rings (SSSR count). The van der Waals surface area contributed by atoms with Gasteiger partial charge in [0.05, 0.1) is 49.1 Å². The lowest BCUT2D eigenvalue weighted by Crippen LogP contribution is -2.45. The molecule has 1 saturated heterocycles. The number of morpholine rings is 1. The van der Waals surface area contributed by atoms with Crippen LogP contribution in [0.4, 0.5) is 11.6 Å². The van der Waals surface area contributed by atoms with E-state index in [0.717, 1.165) is 75.1 Å². The van der Waals surface area contributed by atoms with Gasteiger partial charge < -0.3 is 24.8 Å². The van der Waals surface area contributed by atoms with Crippen LogP contribution in [0.1, 0.15) is 44.3 Å². The van der Waals surface area contributed by atoms with Crippen LogP contribution in [0.25, 0.3) is 11.1 Å². The van der Waals surface area contributed by atoms with E-state index >= 15 is 0 Å². The zero-order chi connectivity index (χ0) is 31.7. The van der Waals surface area contributed by atoms with Gasteiger partial charge in [-0.15, -0.1) is 5.10 Å². The lowest BCUT2D eigenvalue weighted by molar-refractivity contribution is 0.00502. The molecule has 0 radical (unpaired) electrons. The van der Waals surface area contributed by atoms with Gasteiger partial charge >= 0.3 is 0 Å². The fourth-order valence-corrected chi connectivity index (χ4v) is 6.09. The van der Waals surface area contributed by atoms with Crippen LogP contribution in [0.3, 0.4) is 0 Å². The van der Waals surface area contributed by atoms with Crippen LogP contribution in [0.15, 0.2) is 61.2 Å². The summed E-state index contributed by atoms with van der Waals surface area (Å²) >= 11 is 6.40. The number of benzene rings is 1. The molecule has 1 aromatic carbocycles. The highest BCUT2D eigenvalue weighted by Crippen LogP contribution is 2.35. The number of rotatable bonds is 13. The van der Waals surface area contributed by atoms with Crippen LogP contribution in [-0.4, -0.2) is 81.0 Å². The first-order valence-electron chi connectivity index (χ1n) is 15.8. The Hall–Kier alpha value is -4.26. The zero-order valence-electron chi connectivity index (χ0n) is 25.9. The zero-order valence-corrected chi connectivity index (χ0v) is 26.7. The minimum absolute atomic E-state index is 0.174. The molecule has 2 fully saturated rings. The molecular formula is C33H40ClN9O3. The second kappa shape index (κ2) is 15.4. The summed E-state index contributed by atoms with van der Waals surface area (Å²) in [6.45, 7) is 6.40. The Bertz CT molecular complexity index is 1560. The van der Waals surface area contributed by atoms with Crippen molar-refractivity contribution in [3.05, 3.63) is 71.9 Å². The smallest absolute Gasteiger partial charge is 0.257 e. The molecule has 0 bridgehead atoms. The number of hydrogen-bond donors (Lipinski definition) is 3. The summed E-state index contributed by atoms with van der Waals surface area (Å²) in [6, 6.07) is 12.2. The van der Waals surface area contributed by atoms with E-state index in [1.165, 1.54) is 0 Å². The second-order valence-electron chi connectivity index (χ2n) is 11.6. The van der Waals surface area contributed by atoms with Crippen molar-refractivity contribution < 1.29 is 14.2 Å². The molecule has 1 aliphatic heterocycles. The average molecular weight is 646 g/mol. The Morgan fingerprint density at radius 3 is 2.57 bits per heavy atom. The Labute approximate surface area is 274 Å². The van der Waals surface area contributed by atoms with E-state index in [4.69, 9.17) is 36.3 Å². The predicted octanol–water partition coefficient (Wildman–Crippen LogP) is 5.49. The van der Waals surface area contributed by atoms with Crippen molar-refractivity contribution >= 4 is 29.6 Å². The molecule has 3 N–H and O–H groups in total. The molecule has 3 aromatic heterocycles. The largest absolute Gasteiger partial charge is 0.487 e. The van der Waals surface area contributed by atoms with Gasteiger partial charge in [-0.05, 0) is 62.4 Å². The number of halogens is 1. The highest BCUT2D eigenvalue weighted by atomic mass is 35.5. The van der Waals surface area contributed by atoms with Crippen molar-refractivity contribution in [1.82, 2.24) is 34.9 Å². The lowest BCUT2D eigenvalue weighted by atomic mass is 9.90. The van der Waals surface area contributed by atoms with E-state index in [2.05, 4.69) is 30.5 Å². The monoisotopic (exact) mass is 645 g/mol. The molecule has 1 atom stereocenters. The fourth-order valence-electron chi connectivity index (χ4n) is 5.93. The Morgan fingerprint density at radius 2 is 1.83 bits per heavy atom. The third kappa shape index (κ3) is 8.11. The molecule has 242 valence electrons. The van der Waals surface area contributed by atoms with Gasteiger partial charge in [0.25, 0.3) is 5.88 Å². The number of nitrogens with zero attached hydrogens (tertiary/aromatic N) is 6. The maximum absolute atomic E-state index is 7.15. The van der Waals surface area contributed by atoms with E-state index in [1.807, 2.05) is 48.1 Å². The van der Waals surface area contributed by atoms with Crippen LogP contribution in [0, 0.1) is 5.41 Å². The van der Waals surface area contributed by atoms with E-state index in [-0.39, 0.29) is 6.10 Å². The predicted molar refractivity (Wildman–Crippen MR) is 177 cm³/mol. The van der Waals surface area contributed by atoms with E-state index in [9.17, 15) is 0 Å². The van der Waals surface area contributed by atoms with Crippen molar-refractivity contribution in [2.24, 2.45) is 0 Å². The standard InChI is InChI=1S/C33H40ClN9O3/c1-23(17-36-22-35)46-31-16-24(5-10-29(31)34)25-18-38-33(39-19-25)40-30-20-43(41-32(30)45-21-26-4-2-3-11-37-26)28-8-6-27(7-9-28)42-12-14-44-15-13-42/h2-5,10-11,16,18-20,22-23,27-28H,6-9,12-15,17,21H2,1H3,(H2,35,36)(H,38,39,40)/t23-,27-,28-/m0/s1. The summed E-state index contributed by atoms with van der Waals surface area (Å²) in [4.78, 5) is 16.2. The van der Waals surface area contributed by atoms with Gasteiger partial charge in [-0.3, -0.25) is 20.0 Å². The number of nitrogens with one attached hydrogen (secondary N) is 3. The molecule has 2 aliphatic rings. The highest BCUT2D eigenvalue weighted by molar-refractivity contribution is 6.32. The topological polar surface area (TPSA) is 135 Å². The SMILES string of the molecule is C[C@@H](CNC=N)Oc1cc(-c2cnc(Nc3cn([C@H]4CC[C@H](N5CCOCC5)CC4)nc3OCc3ccccn3)nc2)ccc1Cl. The quantitative estimate of drug-likeness (QED) is 0.126. The number of hydrogen-bond acceptors (Lipinski definition) is 10. The van der Waals surface area contributed by atoms with Gasteiger partial charge in [-0.25, -0.2) is 9.97 Å².